The highest BCUT2D eigenvalue weighted by Gasteiger charge is 2.25. The summed E-state index contributed by atoms with van der Waals surface area (Å²) in [5.74, 6) is 0.343. The molecule has 1 atom stereocenters. The van der Waals surface area contributed by atoms with Gasteiger partial charge in [0.25, 0.3) is 0 Å². The standard InChI is InChI=1S/C10H14N2OS/c1-6-7(2)14-9(12-6)5-8-3-4-11-10(8)13/h8H,3-5H2,1-2H3,(H,11,13). The van der Waals surface area contributed by atoms with Crippen LogP contribution < -0.4 is 5.32 Å². The van der Waals surface area contributed by atoms with Gasteiger partial charge in [0, 0.05) is 23.8 Å². The first-order valence-corrected chi connectivity index (χ1v) is 5.69. The van der Waals surface area contributed by atoms with Gasteiger partial charge in [0.1, 0.15) is 0 Å². The predicted molar refractivity (Wildman–Crippen MR) is 56.4 cm³/mol. The number of carbonyl (C=O) groups excluding carboxylic acids is 1. The lowest BCUT2D eigenvalue weighted by molar-refractivity contribution is -0.122. The van der Waals surface area contributed by atoms with Crippen molar-refractivity contribution in [2.45, 2.75) is 26.7 Å². The summed E-state index contributed by atoms with van der Waals surface area (Å²) in [5.41, 5.74) is 1.10. The molecule has 3 nitrogen and oxygen atoms in total. The number of aryl methyl sites for hydroxylation is 2. The Labute approximate surface area is 87.6 Å². The van der Waals surface area contributed by atoms with Crippen molar-refractivity contribution in [1.82, 2.24) is 10.3 Å². The van der Waals surface area contributed by atoms with Crippen molar-refractivity contribution in [3.8, 4) is 0 Å². The van der Waals surface area contributed by atoms with Gasteiger partial charge in [-0.15, -0.1) is 11.3 Å². The summed E-state index contributed by atoms with van der Waals surface area (Å²) in [6.45, 7) is 4.92. The van der Waals surface area contributed by atoms with Crippen molar-refractivity contribution < 1.29 is 4.79 Å². The van der Waals surface area contributed by atoms with Gasteiger partial charge in [-0.2, -0.15) is 0 Å². The van der Waals surface area contributed by atoms with E-state index in [-0.39, 0.29) is 11.8 Å². The predicted octanol–water partition coefficient (Wildman–Crippen LogP) is 1.44. The van der Waals surface area contributed by atoms with Crippen LogP contribution in [-0.2, 0) is 11.2 Å². The Kier molecular flexibility index (Phi) is 2.54. The van der Waals surface area contributed by atoms with Crippen molar-refractivity contribution in [2.75, 3.05) is 6.54 Å². The quantitative estimate of drug-likeness (QED) is 0.802. The molecule has 2 rings (SSSR count). The van der Waals surface area contributed by atoms with Crippen molar-refractivity contribution in [3.05, 3.63) is 15.6 Å². The number of nitrogens with zero attached hydrogens (tertiary/aromatic N) is 1. The molecule has 76 valence electrons. The number of hydrogen-bond acceptors (Lipinski definition) is 3. The first kappa shape index (κ1) is 9.65. The highest BCUT2D eigenvalue weighted by Crippen LogP contribution is 2.22. The molecule has 2 heterocycles. The Morgan fingerprint density at radius 1 is 1.57 bits per heavy atom. The van der Waals surface area contributed by atoms with E-state index in [4.69, 9.17) is 0 Å². The maximum atomic E-state index is 11.3. The minimum absolute atomic E-state index is 0.153. The molecule has 0 bridgehead atoms. The molecule has 1 aliphatic rings. The third-order valence-electron chi connectivity index (χ3n) is 2.66. The zero-order valence-electron chi connectivity index (χ0n) is 8.46. The molecule has 1 aliphatic heterocycles. The Morgan fingerprint density at radius 2 is 2.36 bits per heavy atom. The number of aromatic nitrogens is 1. The second kappa shape index (κ2) is 3.69. The van der Waals surface area contributed by atoms with Crippen LogP contribution in [-0.4, -0.2) is 17.4 Å². The number of amides is 1. The molecule has 14 heavy (non-hydrogen) atoms. The number of nitrogens with one attached hydrogen (secondary N) is 1. The molecule has 0 aliphatic carbocycles. The second-order valence-electron chi connectivity index (χ2n) is 3.73. The lowest BCUT2D eigenvalue weighted by atomic mass is 10.1. The first-order valence-electron chi connectivity index (χ1n) is 4.87. The molecule has 0 radical (unpaired) electrons. The van der Waals surface area contributed by atoms with E-state index >= 15 is 0 Å². The van der Waals surface area contributed by atoms with Gasteiger partial charge in [-0.05, 0) is 20.3 Å². The van der Waals surface area contributed by atoms with Crippen LogP contribution >= 0.6 is 11.3 Å². The lowest BCUT2D eigenvalue weighted by Gasteiger charge is -2.02. The number of carbonyl (C=O) groups is 1. The largest absolute Gasteiger partial charge is 0.356 e. The van der Waals surface area contributed by atoms with E-state index in [2.05, 4.69) is 17.2 Å². The second-order valence-corrected chi connectivity index (χ2v) is 5.02. The van der Waals surface area contributed by atoms with Gasteiger partial charge in [-0.3, -0.25) is 4.79 Å². The third kappa shape index (κ3) is 1.80. The molecule has 1 aromatic rings. The Hall–Kier alpha value is -0.900. The molecule has 1 N–H and O–H groups in total. The average molecular weight is 210 g/mol. The smallest absolute Gasteiger partial charge is 0.223 e. The fraction of sp³-hybridized carbons (Fsp3) is 0.600. The molecule has 0 aromatic carbocycles. The zero-order valence-corrected chi connectivity index (χ0v) is 9.28. The maximum absolute atomic E-state index is 11.3. The van der Waals surface area contributed by atoms with Gasteiger partial charge in [0.2, 0.25) is 5.91 Å². The van der Waals surface area contributed by atoms with E-state index in [1.807, 2.05) is 6.92 Å². The fourth-order valence-electron chi connectivity index (χ4n) is 1.68. The minimum atomic E-state index is 0.153. The third-order valence-corrected chi connectivity index (χ3v) is 3.75. The molecule has 0 saturated carbocycles. The SMILES string of the molecule is Cc1nc(CC2CCNC2=O)sc1C. The molecule has 4 heteroatoms. The van der Waals surface area contributed by atoms with Crippen LogP contribution in [0.1, 0.15) is 22.0 Å². The monoisotopic (exact) mass is 210 g/mol. The summed E-state index contributed by atoms with van der Waals surface area (Å²) < 4.78 is 0. The zero-order chi connectivity index (χ0) is 10.1. The van der Waals surface area contributed by atoms with E-state index in [1.165, 1.54) is 4.88 Å². The van der Waals surface area contributed by atoms with Gasteiger partial charge >= 0.3 is 0 Å². The van der Waals surface area contributed by atoms with Gasteiger partial charge in [-0.25, -0.2) is 4.98 Å². The van der Waals surface area contributed by atoms with Crippen molar-refractivity contribution in [3.63, 3.8) is 0 Å². The normalized spacial score (nSPS) is 21.3. The van der Waals surface area contributed by atoms with E-state index in [9.17, 15) is 4.79 Å². The minimum Gasteiger partial charge on any atom is -0.356 e. The summed E-state index contributed by atoms with van der Waals surface area (Å²) in [5, 5.41) is 3.95. The topological polar surface area (TPSA) is 42.0 Å². The molecular weight excluding hydrogens is 196 g/mol. The summed E-state index contributed by atoms with van der Waals surface area (Å²) in [6, 6.07) is 0. The van der Waals surface area contributed by atoms with Gasteiger partial charge in [-0.1, -0.05) is 0 Å². The van der Waals surface area contributed by atoms with Gasteiger partial charge in [0.15, 0.2) is 0 Å². The molecule has 1 saturated heterocycles. The molecule has 1 unspecified atom stereocenters. The van der Waals surface area contributed by atoms with E-state index in [1.54, 1.807) is 11.3 Å². The lowest BCUT2D eigenvalue weighted by Crippen LogP contribution is -2.20. The number of hydrogen-bond donors (Lipinski definition) is 1. The van der Waals surface area contributed by atoms with Crippen LogP contribution in [0.2, 0.25) is 0 Å². The van der Waals surface area contributed by atoms with Gasteiger partial charge in [0.05, 0.1) is 10.7 Å². The van der Waals surface area contributed by atoms with Crippen LogP contribution in [0, 0.1) is 19.8 Å². The van der Waals surface area contributed by atoms with E-state index < -0.39 is 0 Å². The van der Waals surface area contributed by atoms with Crippen molar-refractivity contribution in [2.24, 2.45) is 5.92 Å². The number of thiazole rings is 1. The Morgan fingerprint density at radius 3 is 2.86 bits per heavy atom. The summed E-state index contributed by atoms with van der Waals surface area (Å²) in [7, 11) is 0. The maximum Gasteiger partial charge on any atom is 0.223 e. The molecule has 1 aromatic heterocycles. The van der Waals surface area contributed by atoms with Crippen molar-refractivity contribution >= 4 is 17.2 Å². The van der Waals surface area contributed by atoms with Crippen LogP contribution in [0.4, 0.5) is 0 Å². The molecule has 1 fully saturated rings. The fourth-order valence-corrected chi connectivity index (χ4v) is 2.69. The molecule has 0 spiro atoms. The Balaban J connectivity index is 2.07. The first-order chi connectivity index (χ1) is 6.66. The van der Waals surface area contributed by atoms with Crippen LogP contribution in [0.15, 0.2) is 0 Å². The average Bonchev–Trinajstić information content (AvgIpc) is 2.63. The van der Waals surface area contributed by atoms with Crippen LogP contribution in [0.5, 0.6) is 0 Å². The highest BCUT2D eigenvalue weighted by molar-refractivity contribution is 7.11. The summed E-state index contributed by atoms with van der Waals surface area (Å²) >= 11 is 1.71. The summed E-state index contributed by atoms with van der Waals surface area (Å²) in [4.78, 5) is 17.0. The molecule has 1 amide bonds. The Bertz CT molecular complexity index is 340. The summed E-state index contributed by atoms with van der Waals surface area (Å²) in [6.07, 6.45) is 1.77. The van der Waals surface area contributed by atoms with E-state index in [0.717, 1.165) is 30.1 Å². The van der Waals surface area contributed by atoms with Crippen LogP contribution in [0.25, 0.3) is 0 Å². The highest BCUT2D eigenvalue weighted by atomic mass is 32.1. The van der Waals surface area contributed by atoms with Crippen molar-refractivity contribution in [1.29, 1.82) is 0 Å². The molecular formula is C10H14N2OS. The van der Waals surface area contributed by atoms with Crippen LogP contribution in [0.3, 0.4) is 0 Å². The number of rotatable bonds is 2. The van der Waals surface area contributed by atoms with E-state index in [0.29, 0.717) is 0 Å². The van der Waals surface area contributed by atoms with Gasteiger partial charge < -0.3 is 5.32 Å².